The molecule has 0 heterocycles. The van der Waals surface area contributed by atoms with E-state index in [0.29, 0.717) is 21.5 Å². The Morgan fingerprint density at radius 2 is 1.44 bits per heavy atom. The van der Waals surface area contributed by atoms with E-state index in [2.05, 4.69) is 26.0 Å². The van der Waals surface area contributed by atoms with E-state index in [1.807, 2.05) is 0 Å². The molecule has 11 heteroatoms. The monoisotopic (exact) mass is 537 g/mol. The number of halogens is 1. The molecule has 0 saturated heterocycles. The van der Waals surface area contributed by atoms with Crippen molar-refractivity contribution in [2.75, 3.05) is 27.1 Å². The Morgan fingerprint density at radius 1 is 0.844 bits per heavy atom. The smallest absolute Gasteiger partial charge is 0.261 e. The van der Waals surface area contributed by atoms with E-state index in [1.165, 1.54) is 24.3 Å². The van der Waals surface area contributed by atoms with Crippen LogP contribution in [0.1, 0.15) is 0 Å². The first-order chi connectivity index (χ1) is 15.1. The number of amides is 1. The number of hydrogen-bond acceptors (Lipinski definition) is 5. The molecule has 0 aliphatic carbocycles. The molecule has 0 aromatic heterocycles. The molecule has 8 nitrogen and oxygen atoms in total. The lowest BCUT2D eigenvalue weighted by molar-refractivity contribution is -0.114. The zero-order valence-electron chi connectivity index (χ0n) is 16.9. The summed E-state index contributed by atoms with van der Waals surface area (Å²) in [6.07, 6.45) is 1.01. The third kappa shape index (κ3) is 6.09. The number of nitrogens with zero attached hydrogens (tertiary/aromatic N) is 1. The number of rotatable bonds is 8. The van der Waals surface area contributed by atoms with Gasteiger partial charge in [0.2, 0.25) is 15.9 Å². The van der Waals surface area contributed by atoms with Crippen LogP contribution in [0.4, 0.5) is 17.1 Å². The van der Waals surface area contributed by atoms with Gasteiger partial charge in [-0.05, 0) is 64.5 Å². The van der Waals surface area contributed by atoms with Crippen molar-refractivity contribution in [1.29, 1.82) is 0 Å². The number of carbonyl (C=O) groups is 1. The Hall–Kier alpha value is -2.89. The molecule has 0 bridgehead atoms. The minimum Gasteiger partial charge on any atom is -0.325 e. The van der Waals surface area contributed by atoms with Crippen molar-refractivity contribution in [3.05, 3.63) is 83.3 Å². The molecule has 1 amide bonds. The molecule has 0 atom stereocenters. The summed E-state index contributed by atoms with van der Waals surface area (Å²) in [7, 11) is -7.52. The van der Waals surface area contributed by atoms with Gasteiger partial charge in [0.1, 0.15) is 6.54 Å². The molecule has 0 aliphatic rings. The van der Waals surface area contributed by atoms with Gasteiger partial charge in [0.05, 0.1) is 16.8 Å². The van der Waals surface area contributed by atoms with Gasteiger partial charge in [0.15, 0.2) is 0 Å². The normalized spacial score (nSPS) is 11.6. The van der Waals surface area contributed by atoms with Crippen molar-refractivity contribution in [2.45, 2.75) is 4.90 Å². The first-order valence-corrected chi connectivity index (χ1v) is 13.4. The summed E-state index contributed by atoms with van der Waals surface area (Å²) in [6.45, 7) is -0.447. The van der Waals surface area contributed by atoms with Gasteiger partial charge in [0.25, 0.3) is 10.0 Å². The number of hydrogen-bond donors (Lipinski definition) is 2. The summed E-state index contributed by atoms with van der Waals surface area (Å²) in [6, 6.07) is 20.7. The number of carbonyl (C=O) groups excluding carboxylic acids is 1. The van der Waals surface area contributed by atoms with Crippen molar-refractivity contribution < 1.29 is 21.6 Å². The summed E-state index contributed by atoms with van der Waals surface area (Å²) >= 11 is 3.30. The lowest BCUT2D eigenvalue weighted by Gasteiger charge is -2.23. The SMILES string of the molecule is CS(=O)(=O)N(CC(=O)Nc1ccc(S(=O)(=O)Nc2ccccc2)cc1)c1ccccc1Br. The van der Waals surface area contributed by atoms with Crippen molar-refractivity contribution in [3.8, 4) is 0 Å². The highest BCUT2D eigenvalue weighted by atomic mass is 79.9. The standard InChI is InChI=1S/C21H20BrN3O5S2/c1-31(27,28)25(20-10-6-5-9-19(20)22)15-21(26)23-16-11-13-18(14-12-16)32(29,30)24-17-7-3-2-4-8-17/h2-14,24H,15H2,1H3,(H,23,26). The topological polar surface area (TPSA) is 113 Å². The average Bonchev–Trinajstić information content (AvgIpc) is 2.73. The summed E-state index contributed by atoms with van der Waals surface area (Å²) in [5.41, 5.74) is 1.09. The molecule has 0 unspecified atom stereocenters. The molecular weight excluding hydrogens is 518 g/mol. The number of benzene rings is 3. The Labute approximate surface area is 195 Å². The van der Waals surface area contributed by atoms with Crippen molar-refractivity contribution in [1.82, 2.24) is 0 Å². The van der Waals surface area contributed by atoms with Crippen LogP contribution in [0.3, 0.4) is 0 Å². The largest absolute Gasteiger partial charge is 0.325 e. The van der Waals surface area contributed by atoms with E-state index in [4.69, 9.17) is 0 Å². The minimum atomic E-state index is -3.79. The van der Waals surface area contributed by atoms with Crippen molar-refractivity contribution >= 4 is 58.9 Å². The van der Waals surface area contributed by atoms with Gasteiger partial charge >= 0.3 is 0 Å². The van der Waals surface area contributed by atoms with Gasteiger partial charge in [-0.3, -0.25) is 13.8 Å². The zero-order chi connectivity index (χ0) is 23.4. The number of nitrogens with one attached hydrogen (secondary N) is 2. The maximum absolute atomic E-state index is 12.5. The van der Waals surface area contributed by atoms with Gasteiger partial charge in [-0.25, -0.2) is 16.8 Å². The molecule has 0 saturated carbocycles. The summed E-state index contributed by atoms with van der Waals surface area (Å²) < 4.78 is 53.4. The van der Waals surface area contributed by atoms with E-state index < -0.39 is 32.5 Å². The highest BCUT2D eigenvalue weighted by Crippen LogP contribution is 2.27. The summed E-state index contributed by atoms with van der Waals surface area (Å²) in [5.74, 6) is -0.579. The molecule has 3 rings (SSSR count). The molecule has 168 valence electrons. The number of anilines is 3. The maximum Gasteiger partial charge on any atom is 0.261 e. The van der Waals surface area contributed by atoms with Crippen LogP contribution in [0.5, 0.6) is 0 Å². The maximum atomic E-state index is 12.5. The van der Waals surface area contributed by atoms with Crippen LogP contribution in [0.15, 0.2) is 88.2 Å². The van der Waals surface area contributed by atoms with Crippen LogP contribution in [0.2, 0.25) is 0 Å². The van der Waals surface area contributed by atoms with Gasteiger partial charge in [-0.2, -0.15) is 0 Å². The van der Waals surface area contributed by atoms with E-state index in [-0.39, 0.29) is 4.90 Å². The molecule has 0 fully saturated rings. The van der Waals surface area contributed by atoms with Crippen molar-refractivity contribution in [3.63, 3.8) is 0 Å². The van der Waals surface area contributed by atoms with Gasteiger partial charge in [-0.15, -0.1) is 0 Å². The first kappa shape index (κ1) is 23.8. The molecule has 0 radical (unpaired) electrons. The van der Waals surface area contributed by atoms with Crippen LogP contribution in [0.25, 0.3) is 0 Å². The van der Waals surface area contributed by atoms with Crippen LogP contribution in [-0.4, -0.2) is 35.5 Å². The second-order valence-electron chi connectivity index (χ2n) is 6.77. The van der Waals surface area contributed by atoms with Crippen LogP contribution >= 0.6 is 15.9 Å². The highest BCUT2D eigenvalue weighted by molar-refractivity contribution is 9.10. The summed E-state index contributed by atoms with van der Waals surface area (Å²) in [4.78, 5) is 12.5. The minimum absolute atomic E-state index is 0.0188. The highest BCUT2D eigenvalue weighted by Gasteiger charge is 2.23. The fraction of sp³-hybridized carbons (Fsp3) is 0.0952. The molecule has 2 N–H and O–H groups in total. The summed E-state index contributed by atoms with van der Waals surface area (Å²) in [5, 5.41) is 2.59. The second kappa shape index (κ2) is 9.72. The molecule has 3 aromatic rings. The predicted octanol–water partition coefficient (Wildman–Crippen LogP) is 3.65. The van der Waals surface area contributed by atoms with Crippen LogP contribution < -0.4 is 14.3 Å². The van der Waals surface area contributed by atoms with Gasteiger partial charge < -0.3 is 5.32 Å². The second-order valence-corrected chi connectivity index (χ2v) is 11.2. The zero-order valence-corrected chi connectivity index (χ0v) is 20.1. The Balaban J connectivity index is 1.72. The third-order valence-corrected chi connectivity index (χ3v) is 7.48. The van der Waals surface area contributed by atoms with Gasteiger partial charge in [0, 0.05) is 15.8 Å². The fourth-order valence-corrected chi connectivity index (χ4v) is 5.35. The van der Waals surface area contributed by atoms with E-state index >= 15 is 0 Å². The molecule has 32 heavy (non-hydrogen) atoms. The van der Waals surface area contributed by atoms with E-state index in [0.717, 1.165) is 10.6 Å². The first-order valence-electron chi connectivity index (χ1n) is 9.26. The van der Waals surface area contributed by atoms with Crippen molar-refractivity contribution in [2.24, 2.45) is 0 Å². The molecular formula is C21H20BrN3O5S2. The molecule has 0 spiro atoms. The third-order valence-electron chi connectivity index (χ3n) is 4.28. The Kier molecular flexibility index (Phi) is 7.22. The lowest BCUT2D eigenvalue weighted by atomic mass is 10.3. The number of sulfonamides is 2. The average molecular weight is 538 g/mol. The van der Waals surface area contributed by atoms with E-state index in [1.54, 1.807) is 54.6 Å². The molecule has 3 aromatic carbocycles. The Morgan fingerprint density at radius 3 is 2.03 bits per heavy atom. The fourth-order valence-electron chi connectivity index (χ4n) is 2.80. The quantitative estimate of drug-likeness (QED) is 0.455. The van der Waals surface area contributed by atoms with Gasteiger partial charge in [-0.1, -0.05) is 30.3 Å². The lowest BCUT2D eigenvalue weighted by Crippen LogP contribution is -2.37. The Bertz CT molecular complexity index is 1310. The molecule has 0 aliphatic heterocycles. The van der Waals surface area contributed by atoms with E-state index in [9.17, 15) is 21.6 Å². The van der Waals surface area contributed by atoms with Crippen LogP contribution in [-0.2, 0) is 24.8 Å². The number of para-hydroxylation sites is 2. The predicted molar refractivity (Wildman–Crippen MR) is 129 cm³/mol. The van der Waals surface area contributed by atoms with Crippen LogP contribution in [0, 0.1) is 0 Å².